The Hall–Kier alpha value is -4.60. The van der Waals surface area contributed by atoms with Gasteiger partial charge in [-0.05, 0) is 79.5 Å². The zero-order valence-electron chi connectivity index (χ0n) is 23.6. The second-order valence-corrected chi connectivity index (χ2v) is 11.4. The van der Waals surface area contributed by atoms with Gasteiger partial charge >= 0.3 is 0 Å². The summed E-state index contributed by atoms with van der Waals surface area (Å²) in [6, 6.07) is 15.4. The Bertz CT molecular complexity index is 1950. The third-order valence-corrected chi connectivity index (χ3v) is 7.82. The van der Waals surface area contributed by atoms with Crippen LogP contribution in [0.15, 0.2) is 82.8 Å². The molecule has 3 aromatic heterocycles. The van der Waals surface area contributed by atoms with Crippen LogP contribution in [0.3, 0.4) is 0 Å². The molecule has 3 N–H and O–H groups in total. The van der Waals surface area contributed by atoms with Crippen molar-refractivity contribution in [2.45, 2.75) is 44.8 Å². The van der Waals surface area contributed by atoms with Crippen molar-refractivity contribution in [3.05, 3.63) is 116 Å². The Morgan fingerprint density at radius 2 is 1.86 bits per heavy atom. The first kappa shape index (κ1) is 27.6. The SMILES string of the molecule is Cn1cc(-c2cccc(-n3ccc4cc(C5CC5)cc(F)c4c3=O)c2CO)cc(Nc2ccc(C(C)(C)O)cn2)c1=O. The van der Waals surface area contributed by atoms with Crippen LogP contribution in [-0.4, -0.2) is 24.3 Å². The largest absolute Gasteiger partial charge is 0.392 e. The summed E-state index contributed by atoms with van der Waals surface area (Å²) in [5, 5.41) is 24.3. The lowest BCUT2D eigenvalue weighted by atomic mass is 9.98. The van der Waals surface area contributed by atoms with E-state index in [1.807, 2.05) is 6.07 Å². The molecule has 0 unspecified atom stereocenters. The van der Waals surface area contributed by atoms with E-state index in [1.54, 1.807) is 82.0 Å². The van der Waals surface area contributed by atoms with Crippen LogP contribution >= 0.6 is 0 Å². The van der Waals surface area contributed by atoms with Crippen molar-refractivity contribution in [1.82, 2.24) is 14.1 Å². The van der Waals surface area contributed by atoms with E-state index in [1.165, 1.54) is 15.2 Å². The number of nitrogens with zero attached hydrogens (tertiary/aromatic N) is 3. The topological polar surface area (TPSA) is 109 Å². The minimum atomic E-state index is -1.05. The number of aliphatic hydroxyl groups excluding tert-OH is 1. The first-order chi connectivity index (χ1) is 20.0. The van der Waals surface area contributed by atoms with Crippen LogP contribution in [-0.2, 0) is 19.3 Å². The van der Waals surface area contributed by atoms with Gasteiger partial charge in [-0.3, -0.25) is 14.2 Å². The fourth-order valence-corrected chi connectivity index (χ4v) is 5.35. The zero-order valence-corrected chi connectivity index (χ0v) is 23.6. The molecular formula is C33H31FN4O4. The third-order valence-electron chi connectivity index (χ3n) is 7.82. The Morgan fingerprint density at radius 3 is 2.52 bits per heavy atom. The smallest absolute Gasteiger partial charge is 0.274 e. The molecule has 5 aromatic rings. The fourth-order valence-electron chi connectivity index (χ4n) is 5.35. The zero-order chi connectivity index (χ0) is 29.8. The van der Waals surface area contributed by atoms with Gasteiger partial charge in [0.1, 0.15) is 17.3 Å². The molecule has 6 rings (SSSR count). The van der Waals surface area contributed by atoms with Crippen LogP contribution < -0.4 is 16.4 Å². The summed E-state index contributed by atoms with van der Waals surface area (Å²) in [6.45, 7) is 2.93. The lowest BCUT2D eigenvalue weighted by molar-refractivity contribution is 0.0782. The summed E-state index contributed by atoms with van der Waals surface area (Å²) < 4.78 is 18.0. The van der Waals surface area contributed by atoms with E-state index in [2.05, 4.69) is 10.3 Å². The third kappa shape index (κ3) is 5.01. The highest BCUT2D eigenvalue weighted by Crippen LogP contribution is 2.41. The van der Waals surface area contributed by atoms with Crippen molar-refractivity contribution in [2.75, 3.05) is 5.32 Å². The molecule has 1 saturated carbocycles. The Labute approximate surface area is 241 Å². The van der Waals surface area contributed by atoms with Gasteiger partial charge in [-0.25, -0.2) is 9.37 Å². The molecular weight excluding hydrogens is 535 g/mol. The van der Waals surface area contributed by atoms with Crippen molar-refractivity contribution in [3.8, 4) is 16.8 Å². The molecule has 0 radical (unpaired) electrons. The molecule has 3 heterocycles. The van der Waals surface area contributed by atoms with E-state index in [9.17, 15) is 19.8 Å². The molecule has 0 spiro atoms. The molecule has 0 aliphatic heterocycles. The van der Waals surface area contributed by atoms with Crippen LogP contribution in [0.5, 0.6) is 0 Å². The van der Waals surface area contributed by atoms with Crippen molar-refractivity contribution in [1.29, 1.82) is 0 Å². The molecule has 0 atom stereocenters. The van der Waals surface area contributed by atoms with Gasteiger partial charge in [0, 0.05) is 42.3 Å². The Kier molecular flexibility index (Phi) is 6.79. The number of fused-ring (bicyclic) bond motifs is 1. The highest BCUT2D eigenvalue weighted by Gasteiger charge is 2.25. The monoisotopic (exact) mass is 566 g/mol. The maximum atomic E-state index is 15.2. The van der Waals surface area contributed by atoms with E-state index < -0.39 is 23.6 Å². The van der Waals surface area contributed by atoms with Gasteiger partial charge in [0.15, 0.2) is 0 Å². The molecule has 0 amide bonds. The predicted octanol–water partition coefficient (Wildman–Crippen LogP) is 5.23. The average molecular weight is 567 g/mol. The van der Waals surface area contributed by atoms with Crippen LogP contribution in [0.1, 0.15) is 49.3 Å². The van der Waals surface area contributed by atoms with Gasteiger partial charge in [0.2, 0.25) is 0 Å². The number of benzene rings is 2. The van der Waals surface area contributed by atoms with Gasteiger partial charge in [-0.15, -0.1) is 0 Å². The lowest BCUT2D eigenvalue weighted by Gasteiger charge is -2.18. The fraction of sp³-hybridized carbons (Fsp3) is 0.242. The molecule has 1 fully saturated rings. The van der Waals surface area contributed by atoms with Crippen molar-refractivity contribution in [3.63, 3.8) is 0 Å². The molecule has 0 saturated heterocycles. The number of anilines is 2. The number of pyridine rings is 3. The number of halogens is 1. The van der Waals surface area contributed by atoms with Gasteiger partial charge < -0.3 is 20.1 Å². The second kappa shape index (κ2) is 10.3. The Morgan fingerprint density at radius 1 is 1.07 bits per heavy atom. The van der Waals surface area contributed by atoms with E-state index in [-0.39, 0.29) is 16.6 Å². The summed E-state index contributed by atoms with van der Waals surface area (Å²) in [5.74, 6) is 0.226. The standard InChI is InChI=1S/C33H31FN4O4/c1-33(2,42)23-9-10-29(35-16-23)36-27-15-22(17-37(3)31(27)40)24-5-4-6-28(25(24)18-39)38-12-11-20-13-21(19-7-8-19)14-26(34)30(20)32(38)41/h4-6,9-17,19,39,42H,7-8,18H2,1-3H3,(H,35,36). The normalized spacial score (nSPS) is 13.5. The molecule has 8 nitrogen and oxygen atoms in total. The van der Waals surface area contributed by atoms with Crippen LogP contribution in [0.2, 0.25) is 0 Å². The van der Waals surface area contributed by atoms with E-state index in [0.29, 0.717) is 45.1 Å². The van der Waals surface area contributed by atoms with Crippen LogP contribution in [0.25, 0.3) is 27.6 Å². The molecule has 42 heavy (non-hydrogen) atoms. The molecule has 0 bridgehead atoms. The minimum absolute atomic E-state index is 0.00731. The molecule has 214 valence electrons. The summed E-state index contributed by atoms with van der Waals surface area (Å²) in [4.78, 5) is 30.9. The number of aryl methyl sites for hydroxylation is 1. The van der Waals surface area contributed by atoms with E-state index in [4.69, 9.17) is 0 Å². The van der Waals surface area contributed by atoms with E-state index in [0.717, 1.165) is 18.4 Å². The second-order valence-electron chi connectivity index (χ2n) is 11.4. The lowest BCUT2D eigenvalue weighted by Crippen LogP contribution is -2.21. The molecule has 9 heteroatoms. The number of aliphatic hydroxyl groups is 2. The molecule has 2 aromatic carbocycles. The summed E-state index contributed by atoms with van der Waals surface area (Å²) >= 11 is 0. The maximum Gasteiger partial charge on any atom is 0.274 e. The molecule has 1 aliphatic carbocycles. The van der Waals surface area contributed by atoms with Crippen molar-refractivity contribution in [2.24, 2.45) is 7.05 Å². The number of hydrogen-bond acceptors (Lipinski definition) is 6. The maximum absolute atomic E-state index is 15.2. The summed E-state index contributed by atoms with van der Waals surface area (Å²) in [6.07, 6.45) is 6.86. The number of nitrogens with one attached hydrogen (secondary N) is 1. The average Bonchev–Trinajstić information content (AvgIpc) is 3.80. The van der Waals surface area contributed by atoms with Gasteiger partial charge in [-0.2, -0.15) is 0 Å². The first-order valence-corrected chi connectivity index (χ1v) is 13.8. The minimum Gasteiger partial charge on any atom is -0.392 e. The van der Waals surface area contributed by atoms with Crippen molar-refractivity contribution >= 4 is 22.3 Å². The van der Waals surface area contributed by atoms with Gasteiger partial charge in [0.05, 0.1) is 23.3 Å². The first-order valence-electron chi connectivity index (χ1n) is 13.8. The predicted molar refractivity (Wildman–Crippen MR) is 161 cm³/mol. The summed E-state index contributed by atoms with van der Waals surface area (Å²) in [5.41, 5.74) is 2.04. The number of hydrogen-bond donors (Lipinski definition) is 3. The summed E-state index contributed by atoms with van der Waals surface area (Å²) in [7, 11) is 1.62. The van der Waals surface area contributed by atoms with Gasteiger partial charge in [0.25, 0.3) is 11.1 Å². The Balaban J connectivity index is 1.42. The van der Waals surface area contributed by atoms with Gasteiger partial charge in [-0.1, -0.05) is 24.3 Å². The van der Waals surface area contributed by atoms with Crippen LogP contribution in [0.4, 0.5) is 15.9 Å². The molecule has 1 aliphatic rings. The highest BCUT2D eigenvalue weighted by atomic mass is 19.1. The van der Waals surface area contributed by atoms with Crippen LogP contribution in [0, 0.1) is 5.82 Å². The quantitative estimate of drug-likeness (QED) is 0.249. The number of rotatable bonds is 7. The van der Waals surface area contributed by atoms with Crippen molar-refractivity contribution < 1.29 is 14.6 Å². The highest BCUT2D eigenvalue weighted by molar-refractivity contribution is 5.84. The number of aromatic nitrogens is 3. The van der Waals surface area contributed by atoms with E-state index >= 15 is 4.39 Å².